The Labute approximate surface area is 64.4 Å². The summed E-state index contributed by atoms with van der Waals surface area (Å²) in [4.78, 5) is 2.59. The Bertz CT molecular complexity index is 82.7. The van der Waals surface area contributed by atoms with E-state index < -0.39 is 0 Å². The minimum absolute atomic E-state index is 0.845. The summed E-state index contributed by atoms with van der Waals surface area (Å²) >= 11 is 0. The van der Waals surface area contributed by atoms with Crippen molar-refractivity contribution in [3.63, 3.8) is 0 Å². The zero-order valence-electron chi connectivity index (χ0n) is 7.27. The Balaban J connectivity index is 2.13. The molecule has 0 spiro atoms. The van der Waals surface area contributed by atoms with Crippen molar-refractivity contribution in [3.05, 3.63) is 0 Å². The van der Waals surface area contributed by atoms with Crippen LogP contribution < -0.4 is 0 Å². The van der Waals surface area contributed by atoms with Gasteiger partial charge < -0.3 is 4.90 Å². The average Bonchev–Trinajstić information content (AvgIpc) is 1.88. The number of piperidine rings is 1. The molecular weight excluding hydrogens is 122 g/mol. The molecule has 0 amide bonds. The molecule has 1 aliphatic rings. The number of hydrogen-bond donors (Lipinski definition) is 0. The summed E-state index contributed by atoms with van der Waals surface area (Å²) in [5.41, 5.74) is 0. The molecule has 0 unspecified atom stereocenters. The lowest BCUT2D eigenvalue weighted by Crippen LogP contribution is -2.32. The van der Waals surface area contributed by atoms with Gasteiger partial charge in [0.2, 0.25) is 0 Å². The minimum atomic E-state index is 0.845. The highest BCUT2D eigenvalue weighted by Crippen LogP contribution is 2.09. The summed E-state index contributed by atoms with van der Waals surface area (Å²) in [5, 5.41) is 0. The van der Waals surface area contributed by atoms with Crippen molar-refractivity contribution in [2.24, 2.45) is 5.92 Å². The van der Waals surface area contributed by atoms with E-state index in [1.807, 2.05) is 0 Å². The highest BCUT2D eigenvalue weighted by Gasteiger charge is 2.10. The fourth-order valence-electron chi connectivity index (χ4n) is 1.66. The molecule has 1 rings (SSSR count). The summed E-state index contributed by atoms with van der Waals surface area (Å²) in [5.74, 6) is 0.845. The zero-order valence-corrected chi connectivity index (χ0v) is 7.27. The molecule has 1 saturated heterocycles. The molecule has 1 nitrogen and oxygen atoms in total. The summed E-state index contributed by atoms with van der Waals surface area (Å²) < 4.78 is 0. The molecule has 0 N–H and O–H groups in total. The molecule has 1 heteroatoms. The number of nitrogens with zero attached hydrogens (tertiary/aromatic N) is 1. The van der Waals surface area contributed by atoms with E-state index in [-0.39, 0.29) is 0 Å². The Hall–Kier alpha value is -0.0400. The van der Waals surface area contributed by atoms with E-state index in [2.05, 4.69) is 18.7 Å². The first-order chi connectivity index (χ1) is 4.79. The molecule has 1 heterocycles. The van der Waals surface area contributed by atoms with E-state index in [0.29, 0.717) is 0 Å². The Morgan fingerprint density at radius 1 is 1.10 bits per heavy atom. The first-order valence-corrected chi connectivity index (χ1v) is 4.51. The minimum Gasteiger partial charge on any atom is -0.303 e. The van der Waals surface area contributed by atoms with Crippen molar-refractivity contribution in [1.29, 1.82) is 0 Å². The second-order valence-electron chi connectivity index (χ2n) is 3.76. The fraction of sp³-hybridized carbons (Fsp3) is 1.00. The fourth-order valence-corrected chi connectivity index (χ4v) is 1.66. The number of likely N-dealkylation sites (tertiary alicyclic amines) is 1. The smallest absolute Gasteiger partial charge is 0.000438 e. The SMILES string of the molecule is CC(C)CN1CCCCC1. The molecule has 1 fully saturated rings. The van der Waals surface area contributed by atoms with Crippen LogP contribution in [0.5, 0.6) is 0 Å². The van der Waals surface area contributed by atoms with E-state index in [9.17, 15) is 0 Å². The second-order valence-corrected chi connectivity index (χ2v) is 3.76. The van der Waals surface area contributed by atoms with Crippen LogP contribution in [0.4, 0.5) is 0 Å². The third kappa shape index (κ3) is 2.70. The van der Waals surface area contributed by atoms with E-state index in [1.165, 1.54) is 38.9 Å². The monoisotopic (exact) mass is 141 g/mol. The summed E-state index contributed by atoms with van der Waals surface area (Å²) in [6, 6.07) is 0. The van der Waals surface area contributed by atoms with Crippen LogP contribution in [0.2, 0.25) is 0 Å². The molecule has 1 aliphatic heterocycles. The van der Waals surface area contributed by atoms with Gasteiger partial charge in [-0.05, 0) is 31.8 Å². The molecule has 60 valence electrons. The number of rotatable bonds is 2. The van der Waals surface area contributed by atoms with Crippen LogP contribution in [0, 0.1) is 5.92 Å². The lowest BCUT2D eigenvalue weighted by atomic mass is 10.1. The Morgan fingerprint density at radius 2 is 1.70 bits per heavy atom. The second kappa shape index (κ2) is 3.97. The summed E-state index contributed by atoms with van der Waals surface area (Å²) in [6.07, 6.45) is 4.30. The van der Waals surface area contributed by atoms with Crippen molar-refractivity contribution in [2.45, 2.75) is 33.1 Å². The van der Waals surface area contributed by atoms with Crippen molar-refractivity contribution >= 4 is 0 Å². The van der Waals surface area contributed by atoms with E-state index in [4.69, 9.17) is 0 Å². The lowest BCUT2D eigenvalue weighted by molar-refractivity contribution is 0.206. The van der Waals surface area contributed by atoms with Crippen LogP contribution in [0.3, 0.4) is 0 Å². The molecule has 10 heavy (non-hydrogen) atoms. The van der Waals surface area contributed by atoms with Crippen LogP contribution in [0.1, 0.15) is 33.1 Å². The maximum atomic E-state index is 2.59. The van der Waals surface area contributed by atoms with Crippen LogP contribution in [0.25, 0.3) is 0 Å². The van der Waals surface area contributed by atoms with Crippen LogP contribution in [-0.4, -0.2) is 24.5 Å². The van der Waals surface area contributed by atoms with Crippen molar-refractivity contribution in [2.75, 3.05) is 19.6 Å². The van der Waals surface area contributed by atoms with Gasteiger partial charge in [0.15, 0.2) is 0 Å². The first kappa shape index (κ1) is 8.06. The number of hydrogen-bond acceptors (Lipinski definition) is 1. The van der Waals surface area contributed by atoms with Gasteiger partial charge in [0.1, 0.15) is 0 Å². The zero-order chi connectivity index (χ0) is 7.40. The van der Waals surface area contributed by atoms with E-state index >= 15 is 0 Å². The predicted octanol–water partition coefficient (Wildman–Crippen LogP) is 2.13. The Morgan fingerprint density at radius 3 is 2.20 bits per heavy atom. The van der Waals surface area contributed by atoms with E-state index in [0.717, 1.165) is 5.92 Å². The molecule has 0 aromatic rings. The molecule has 0 atom stereocenters. The molecule has 0 bridgehead atoms. The molecule has 0 aromatic carbocycles. The van der Waals surface area contributed by atoms with Gasteiger partial charge >= 0.3 is 0 Å². The largest absolute Gasteiger partial charge is 0.303 e. The van der Waals surface area contributed by atoms with Crippen LogP contribution in [0.15, 0.2) is 0 Å². The maximum Gasteiger partial charge on any atom is 0.000438 e. The molecule has 0 aromatic heterocycles. The summed E-state index contributed by atoms with van der Waals surface area (Å²) in [7, 11) is 0. The third-order valence-electron chi connectivity index (χ3n) is 2.07. The van der Waals surface area contributed by atoms with Crippen LogP contribution >= 0.6 is 0 Å². The van der Waals surface area contributed by atoms with Gasteiger partial charge in [-0.15, -0.1) is 0 Å². The summed E-state index contributed by atoms with van der Waals surface area (Å²) in [6.45, 7) is 8.60. The van der Waals surface area contributed by atoms with Crippen LogP contribution in [-0.2, 0) is 0 Å². The normalized spacial score (nSPS) is 21.9. The molecule has 0 saturated carbocycles. The van der Waals surface area contributed by atoms with Gasteiger partial charge in [-0.25, -0.2) is 0 Å². The van der Waals surface area contributed by atoms with Crippen molar-refractivity contribution in [1.82, 2.24) is 4.90 Å². The highest BCUT2D eigenvalue weighted by molar-refractivity contribution is 4.65. The average molecular weight is 141 g/mol. The molecule has 0 radical (unpaired) electrons. The van der Waals surface area contributed by atoms with Gasteiger partial charge in [-0.2, -0.15) is 0 Å². The third-order valence-corrected chi connectivity index (χ3v) is 2.07. The van der Waals surface area contributed by atoms with Gasteiger partial charge in [-0.3, -0.25) is 0 Å². The lowest BCUT2D eigenvalue weighted by Gasteiger charge is -2.27. The Kier molecular flexibility index (Phi) is 3.20. The van der Waals surface area contributed by atoms with Gasteiger partial charge in [0.25, 0.3) is 0 Å². The van der Waals surface area contributed by atoms with Crippen molar-refractivity contribution in [3.8, 4) is 0 Å². The van der Waals surface area contributed by atoms with Gasteiger partial charge in [0, 0.05) is 6.54 Å². The first-order valence-electron chi connectivity index (χ1n) is 4.51. The quantitative estimate of drug-likeness (QED) is 0.569. The standard InChI is InChI=1S/C9H19N/c1-9(2)8-10-6-4-3-5-7-10/h9H,3-8H2,1-2H3. The van der Waals surface area contributed by atoms with Gasteiger partial charge in [-0.1, -0.05) is 20.3 Å². The van der Waals surface area contributed by atoms with Gasteiger partial charge in [0.05, 0.1) is 0 Å². The van der Waals surface area contributed by atoms with E-state index in [1.54, 1.807) is 0 Å². The molecular formula is C9H19N. The molecule has 0 aliphatic carbocycles. The topological polar surface area (TPSA) is 3.24 Å². The van der Waals surface area contributed by atoms with Crippen molar-refractivity contribution < 1.29 is 0 Å². The highest BCUT2D eigenvalue weighted by atomic mass is 15.1. The maximum absolute atomic E-state index is 2.59. The predicted molar refractivity (Wildman–Crippen MR) is 45.1 cm³/mol.